The molecule has 3 nitrogen and oxygen atoms in total. The van der Waals surface area contributed by atoms with Crippen LogP contribution in [0.15, 0.2) is 22.7 Å². The van der Waals surface area contributed by atoms with Crippen LogP contribution in [-0.4, -0.2) is 36.9 Å². The quantitative estimate of drug-likeness (QED) is 0.837. The summed E-state index contributed by atoms with van der Waals surface area (Å²) in [6.07, 6.45) is -0.527. The van der Waals surface area contributed by atoms with Crippen LogP contribution >= 0.6 is 15.9 Å². The number of methoxy groups -OCH3 is 1. The second-order valence-corrected chi connectivity index (χ2v) is 5.74. The molecule has 1 aromatic carbocycles. The summed E-state index contributed by atoms with van der Waals surface area (Å²) >= 11 is 3.39. The van der Waals surface area contributed by atoms with Crippen LogP contribution in [0.1, 0.15) is 28.8 Å². The Hall–Kier alpha value is -1.01. The van der Waals surface area contributed by atoms with Crippen molar-refractivity contribution in [3.05, 3.63) is 33.8 Å². The smallest absolute Gasteiger partial charge is 0.253 e. The Kier molecular flexibility index (Phi) is 4.75. The zero-order valence-corrected chi connectivity index (χ0v) is 12.8. The van der Waals surface area contributed by atoms with Crippen LogP contribution in [0.25, 0.3) is 0 Å². The van der Waals surface area contributed by atoms with Crippen molar-refractivity contribution in [2.24, 2.45) is 0 Å². The molecule has 1 aliphatic heterocycles. The predicted molar refractivity (Wildman–Crippen MR) is 74.9 cm³/mol. The highest BCUT2D eigenvalue weighted by Crippen LogP contribution is 2.29. The Morgan fingerprint density at radius 2 is 2.05 bits per heavy atom. The Balaban J connectivity index is 2.11. The predicted octanol–water partition coefficient (Wildman–Crippen LogP) is 3.47. The standard InChI is InChI=1S/C14H16BrF2NO2/c1-20-9-11-8-10(2-3-12(11)15)13(19)18-6-4-14(16,17)5-7-18/h2-3,8H,4-7,9H2,1H3. The average Bonchev–Trinajstić information content (AvgIpc) is 2.41. The maximum atomic E-state index is 13.1. The lowest BCUT2D eigenvalue weighted by molar-refractivity contribution is -0.0494. The first-order chi connectivity index (χ1) is 9.43. The lowest BCUT2D eigenvalue weighted by atomic mass is 10.0. The molecule has 1 aromatic rings. The van der Waals surface area contributed by atoms with E-state index in [2.05, 4.69) is 15.9 Å². The molecule has 0 aliphatic carbocycles. The number of rotatable bonds is 3. The molecule has 0 spiro atoms. The third-order valence-electron chi connectivity index (χ3n) is 3.37. The molecule has 1 amide bonds. The van der Waals surface area contributed by atoms with Gasteiger partial charge in [-0.3, -0.25) is 4.79 Å². The maximum Gasteiger partial charge on any atom is 0.253 e. The molecule has 6 heteroatoms. The van der Waals surface area contributed by atoms with Crippen LogP contribution in [0.4, 0.5) is 8.78 Å². The molecule has 20 heavy (non-hydrogen) atoms. The summed E-state index contributed by atoms with van der Waals surface area (Å²) in [6.45, 7) is 0.586. The van der Waals surface area contributed by atoms with Gasteiger partial charge in [0.2, 0.25) is 0 Å². The van der Waals surface area contributed by atoms with Crippen LogP contribution in [0.2, 0.25) is 0 Å². The molecule has 1 heterocycles. The van der Waals surface area contributed by atoms with E-state index in [1.54, 1.807) is 25.3 Å². The van der Waals surface area contributed by atoms with Crippen molar-refractivity contribution in [2.45, 2.75) is 25.4 Å². The fourth-order valence-electron chi connectivity index (χ4n) is 2.19. The van der Waals surface area contributed by atoms with E-state index in [9.17, 15) is 13.6 Å². The monoisotopic (exact) mass is 347 g/mol. The summed E-state index contributed by atoms with van der Waals surface area (Å²) in [5.41, 5.74) is 1.37. The number of ether oxygens (including phenoxy) is 1. The molecular weight excluding hydrogens is 332 g/mol. The third-order valence-corrected chi connectivity index (χ3v) is 4.15. The van der Waals surface area contributed by atoms with Crippen LogP contribution in [0.3, 0.4) is 0 Å². The molecule has 0 aromatic heterocycles. The van der Waals surface area contributed by atoms with Gasteiger partial charge in [-0.1, -0.05) is 15.9 Å². The topological polar surface area (TPSA) is 29.5 Å². The van der Waals surface area contributed by atoms with Gasteiger partial charge in [0.1, 0.15) is 0 Å². The van der Waals surface area contributed by atoms with E-state index in [0.717, 1.165) is 10.0 Å². The van der Waals surface area contributed by atoms with Crippen molar-refractivity contribution in [3.8, 4) is 0 Å². The fraction of sp³-hybridized carbons (Fsp3) is 0.500. The second-order valence-electron chi connectivity index (χ2n) is 4.89. The molecule has 0 saturated carbocycles. The van der Waals surface area contributed by atoms with E-state index in [0.29, 0.717) is 12.2 Å². The van der Waals surface area contributed by atoms with Gasteiger partial charge in [-0.05, 0) is 23.8 Å². The van der Waals surface area contributed by atoms with Gasteiger partial charge in [0.05, 0.1) is 6.61 Å². The first-order valence-corrected chi connectivity index (χ1v) is 7.17. The number of hydrogen-bond donors (Lipinski definition) is 0. The molecule has 0 N–H and O–H groups in total. The molecule has 1 aliphatic rings. The zero-order chi connectivity index (χ0) is 14.8. The van der Waals surface area contributed by atoms with Crippen molar-refractivity contribution >= 4 is 21.8 Å². The lowest BCUT2D eigenvalue weighted by Gasteiger charge is -2.31. The number of benzene rings is 1. The molecule has 0 unspecified atom stereocenters. The molecule has 1 saturated heterocycles. The number of hydrogen-bond acceptors (Lipinski definition) is 2. The van der Waals surface area contributed by atoms with E-state index in [1.807, 2.05) is 0 Å². The number of piperidine rings is 1. The summed E-state index contributed by atoms with van der Waals surface area (Å²) in [5, 5.41) is 0. The molecule has 0 radical (unpaired) electrons. The van der Waals surface area contributed by atoms with Crippen LogP contribution < -0.4 is 0 Å². The summed E-state index contributed by atoms with van der Waals surface area (Å²) in [7, 11) is 1.58. The first kappa shape index (κ1) is 15.4. The van der Waals surface area contributed by atoms with Crippen LogP contribution in [0.5, 0.6) is 0 Å². The summed E-state index contributed by atoms with van der Waals surface area (Å²) < 4.78 is 32.1. The number of nitrogens with zero attached hydrogens (tertiary/aromatic N) is 1. The molecule has 0 bridgehead atoms. The normalized spacial score (nSPS) is 18.1. The van der Waals surface area contributed by atoms with Crippen LogP contribution in [-0.2, 0) is 11.3 Å². The number of halogens is 3. The van der Waals surface area contributed by atoms with Gasteiger partial charge in [-0.25, -0.2) is 8.78 Å². The number of carbonyl (C=O) groups is 1. The maximum absolute atomic E-state index is 13.1. The third kappa shape index (κ3) is 3.55. The molecule has 1 fully saturated rings. The van der Waals surface area contributed by atoms with Crippen molar-refractivity contribution < 1.29 is 18.3 Å². The van der Waals surface area contributed by atoms with E-state index in [1.165, 1.54) is 4.90 Å². The number of alkyl halides is 2. The Labute approximate surface area is 125 Å². The molecule has 0 atom stereocenters. The Bertz CT molecular complexity index is 498. The van der Waals surface area contributed by atoms with E-state index < -0.39 is 5.92 Å². The van der Waals surface area contributed by atoms with Gasteiger partial charge in [0.25, 0.3) is 11.8 Å². The van der Waals surface area contributed by atoms with Crippen molar-refractivity contribution in [1.29, 1.82) is 0 Å². The minimum Gasteiger partial charge on any atom is -0.380 e. The number of likely N-dealkylation sites (tertiary alicyclic amines) is 1. The Morgan fingerprint density at radius 3 is 2.65 bits per heavy atom. The number of amides is 1. The highest BCUT2D eigenvalue weighted by molar-refractivity contribution is 9.10. The zero-order valence-electron chi connectivity index (χ0n) is 11.2. The highest BCUT2D eigenvalue weighted by Gasteiger charge is 2.35. The lowest BCUT2D eigenvalue weighted by Crippen LogP contribution is -2.42. The molecule has 110 valence electrons. The SMILES string of the molecule is COCc1cc(C(=O)N2CCC(F)(F)CC2)ccc1Br. The van der Waals surface area contributed by atoms with E-state index in [4.69, 9.17) is 4.74 Å². The van der Waals surface area contributed by atoms with Gasteiger partial charge in [0, 0.05) is 43.1 Å². The van der Waals surface area contributed by atoms with Gasteiger partial charge in [-0.2, -0.15) is 0 Å². The van der Waals surface area contributed by atoms with Crippen molar-refractivity contribution in [1.82, 2.24) is 4.90 Å². The highest BCUT2D eigenvalue weighted by atomic mass is 79.9. The summed E-state index contributed by atoms with van der Waals surface area (Å²) in [5.74, 6) is -2.84. The minimum atomic E-state index is -2.64. The van der Waals surface area contributed by atoms with Crippen molar-refractivity contribution in [2.75, 3.05) is 20.2 Å². The van der Waals surface area contributed by atoms with Gasteiger partial charge < -0.3 is 9.64 Å². The molecular formula is C14H16BrF2NO2. The van der Waals surface area contributed by atoms with Gasteiger partial charge in [-0.15, -0.1) is 0 Å². The number of carbonyl (C=O) groups excluding carboxylic acids is 1. The van der Waals surface area contributed by atoms with Crippen molar-refractivity contribution in [3.63, 3.8) is 0 Å². The second kappa shape index (κ2) is 6.18. The van der Waals surface area contributed by atoms with E-state index in [-0.39, 0.29) is 31.8 Å². The van der Waals surface area contributed by atoms with Gasteiger partial charge in [0.15, 0.2) is 0 Å². The van der Waals surface area contributed by atoms with Gasteiger partial charge >= 0.3 is 0 Å². The van der Waals surface area contributed by atoms with E-state index >= 15 is 0 Å². The van der Waals surface area contributed by atoms with Crippen LogP contribution in [0, 0.1) is 0 Å². The largest absolute Gasteiger partial charge is 0.380 e. The first-order valence-electron chi connectivity index (χ1n) is 6.37. The summed E-state index contributed by atoms with van der Waals surface area (Å²) in [4.78, 5) is 13.8. The summed E-state index contributed by atoms with van der Waals surface area (Å²) in [6, 6.07) is 5.21. The Morgan fingerprint density at radius 1 is 1.40 bits per heavy atom. The minimum absolute atomic E-state index is 0.0987. The average molecular weight is 348 g/mol. The molecule has 2 rings (SSSR count). The fourth-order valence-corrected chi connectivity index (χ4v) is 2.55.